The summed E-state index contributed by atoms with van der Waals surface area (Å²) in [5.74, 6) is -0.577. The van der Waals surface area contributed by atoms with Crippen LogP contribution in [0.5, 0.6) is 0 Å². The van der Waals surface area contributed by atoms with Crippen LogP contribution >= 0.6 is 0 Å². The summed E-state index contributed by atoms with van der Waals surface area (Å²) >= 11 is 0. The Bertz CT molecular complexity index is 832. The van der Waals surface area contributed by atoms with E-state index >= 15 is 0 Å². The number of amides is 2. The fraction of sp³-hybridized carbons (Fsp3) is 0.316. The van der Waals surface area contributed by atoms with Gasteiger partial charge < -0.3 is 14.8 Å². The minimum atomic E-state index is -0.305. The molecule has 0 unspecified atom stereocenters. The summed E-state index contributed by atoms with van der Waals surface area (Å²) in [4.78, 5) is 37.4. The van der Waals surface area contributed by atoms with Gasteiger partial charge in [-0.05, 0) is 38.0 Å². The number of aromatic nitrogens is 1. The van der Waals surface area contributed by atoms with E-state index in [2.05, 4.69) is 5.32 Å². The molecule has 6 nitrogen and oxygen atoms in total. The highest BCUT2D eigenvalue weighted by molar-refractivity contribution is 5.95. The summed E-state index contributed by atoms with van der Waals surface area (Å²) in [6.45, 7) is 5.71. The summed E-state index contributed by atoms with van der Waals surface area (Å²) in [5.41, 5.74) is 3.62. The quantitative estimate of drug-likeness (QED) is 0.902. The van der Waals surface area contributed by atoms with Gasteiger partial charge in [-0.15, -0.1) is 0 Å². The molecule has 0 aliphatic heterocycles. The van der Waals surface area contributed by atoms with Crippen LogP contribution in [-0.4, -0.2) is 34.9 Å². The summed E-state index contributed by atoms with van der Waals surface area (Å²) in [6, 6.07) is 8.69. The number of carbonyl (C=O) groups is 2. The first kappa shape index (κ1) is 18.4. The second-order valence-corrected chi connectivity index (χ2v) is 6.24. The maximum Gasteiger partial charge on any atom is 0.250 e. The van der Waals surface area contributed by atoms with E-state index in [1.165, 1.54) is 15.5 Å². The van der Waals surface area contributed by atoms with Gasteiger partial charge in [0.25, 0.3) is 5.56 Å². The number of likely N-dealkylation sites (N-methyl/N-ethyl adjacent to an activating group) is 1. The van der Waals surface area contributed by atoms with Crippen LogP contribution in [0.3, 0.4) is 0 Å². The zero-order chi connectivity index (χ0) is 18.6. The zero-order valence-corrected chi connectivity index (χ0v) is 15.0. The van der Waals surface area contributed by atoms with Crippen LogP contribution < -0.4 is 10.9 Å². The molecule has 0 radical (unpaired) electrons. The van der Waals surface area contributed by atoms with E-state index in [1.54, 1.807) is 25.4 Å². The van der Waals surface area contributed by atoms with Gasteiger partial charge in [0.15, 0.2) is 0 Å². The molecule has 1 N–H and O–H groups in total. The maximum absolute atomic E-state index is 12.3. The minimum Gasteiger partial charge on any atom is -0.335 e. The van der Waals surface area contributed by atoms with Crippen LogP contribution in [0.1, 0.15) is 16.7 Å². The number of aryl methyl sites for hydroxylation is 3. The lowest BCUT2D eigenvalue weighted by molar-refractivity contribution is -0.133. The molecule has 0 bridgehead atoms. The number of carbonyl (C=O) groups excluding carboxylic acids is 2. The summed E-state index contributed by atoms with van der Waals surface area (Å²) < 4.78 is 1.31. The topological polar surface area (TPSA) is 71.4 Å². The highest BCUT2D eigenvalue weighted by Crippen LogP contribution is 2.21. The molecular formula is C19H23N3O3. The number of anilines is 1. The molecule has 0 saturated heterocycles. The van der Waals surface area contributed by atoms with Gasteiger partial charge in [-0.2, -0.15) is 0 Å². The standard InChI is InChI=1S/C19H23N3O3/c1-13-9-14(2)19(15(3)10-13)20-16(23)11-21(4)18(25)12-22-8-6-5-7-17(22)24/h5-10H,11-12H2,1-4H3,(H,20,23). The van der Waals surface area contributed by atoms with Gasteiger partial charge in [0, 0.05) is 25.0 Å². The molecule has 1 aromatic carbocycles. The van der Waals surface area contributed by atoms with Gasteiger partial charge in [-0.25, -0.2) is 0 Å². The number of hydrogen-bond acceptors (Lipinski definition) is 3. The molecule has 25 heavy (non-hydrogen) atoms. The van der Waals surface area contributed by atoms with E-state index in [9.17, 15) is 14.4 Å². The summed E-state index contributed by atoms with van der Waals surface area (Å²) in [6.07, 6.45) is 1.55. The molecule has 2 aromatic rings. The van der Waals surface area contributed by atoms with Crippen molar-refractivity contribution in [2.45, 2.75) is 27.3 Å². The molecule has 0 atom stereocenters. The predicted octanol–water partition coefficient (Wildman–Crippen LogP) is 1.87. The first-order chi connectivity index (χ1) is 11.8. The Morgan fingerprint density at radius 1 is 1.12 bits per heavy atom. The fourth-order valence-electron chi connectivity index (χ4n) is 2.72. The van der Waals surface area contributed by atoms with Crippen LogP contribution in [0.4, 0.5) is 5.69 Å². The van der Waals surface area contributed by atoms with Crippen molar-refractivity contribution in [2.75, 3.05) is 18.9 Å². The molecule has 0 aliphatic carbocycles. The fourth-order valence-corrected chi connectivity index (χ4v) is 2.72. The zero-order valence-electron chi connectivity index (χ0n) is 15.0. The van der Waals surface area contributed by atoms with Crippen LogP contribution in [0.2, 0.25) is 0 Å². The van der Waals surface area contributed by atoms with Crippen molar-refractivity contribution in [3.63, 3.8) is 0 Å². The average molecular weight is 341 g/mol. The molecule has 1 heterocycles. The second-order valence-electron chi connectivity index (χ2n) is 6.24. The van der Waals surface area contributed by atoms with Crippen LogP contribution in [-0.2, 0) is 16.1 Å². The number of pyridine rings is 1. The molecule has 0 fully saturated rings. The van der Waals surface area contributed by atoms with Gasteiger partial charge in [0.2, 0.25) is 11.8 Å². The third kappa shape index (κ3) is 4.79. The van der Waals surface area contributed by atoms with E-state index in [1.807, 2.05) is 32.9 Å². The Balaban J connectivity index is 1.99. The molecule has 2 amide bonds. The molecule has 1 aromatic heterocycles. The van der Waals surface area contributed by atoms with Crippen molar-refractivity contribution in [1.29, 1.82) is 0 Å². The van der Waals surface area contributed by atoms with Crippen molar-refractivity contribution in [1.82, 2.24) is 9.47 Å². The van der Waals surface area contributed by atoms with E-state index in [-0.39, 0.29) is 30.5 Å². The molecule has 132 valence electrons. The number of nitrogens with zero attached hydrogens (tertiary/aromatic N) is 2. The van der Waals surface area contributed by atoms with Crippen LogP contribution in [0.15, 0.2) is 41.3 Å². The lowest BCUT2D eigenvalue weighted by atomic mass is 10.1. The van der Waals surface area contributed by atoms with Crippen LogP contribution in [0, 0.1) is 20.8 Å². The Hall–Kier alpha value is -2.89. The Morgan fingerprint density at radius 2 is 1.76 bits per heavy atom. The molecule has 0 aliphatic rings. The Morgan fingerprint density at radius 3 is 2.36 bits per heavy atom. The van der Waals surface area contributed by atoms with Gasteiger partial charge in [0.1, 0.15) is 6.54 Å². The number of hydrogen-bond donors (Lipinski definition) is 1. The Kier molecular flexibility index (Phi) is 5.75. The first-order valence-corrected chi connectivity index (χ1v) is 8.05. The van der Waals surface area contributed by atoms with Gasteiger partial charge in [-0.3, -0.25) is 14.4 Å². The largest absolute Gasteiger partial charge is 0.335 e. The molecule has 6 heteroatoms. The van der Waals surface area contributed by atoms with Crippen LogP contribution in [0.25, 0.3) is 0 Å². The number of benzene rings is 1. The third-order valence-corrected chi connectivity index (χ3v) is 3.95. The lowest BCUT2D eigenvalue weighted by Crippen LogP contribution is -2.38. The maximum atomic E-state index is 12.3. The number of nitrogens with one attached hydrogen (secondary N) is 1. The first-order valence-electron chi connectivity index (χ1n) is 8.05. The van der Waals surface area contributed by atoms with Crippen molar-refractivity contribution < 1.29 is 9.59 Å². The number of rotatable bonds is 5. The van der Waals surface area contributed by atoms with Crippen molar-refractivity contribution in [2.24, 2.45) is 0 Å². The predicted molar refractivity (Wildman–Crippen MR) is 97.6 cm³/mol. The molecule has 0 spiro atoms. The van der Waals surface area contributed by atoms with E-state index in [0.29, 0.717) is 0 Å². The SMILES string of the molecule is Cc1cc(C)c(NC(=O)CN(C)C(=O)Cn2ccccc2=O)c(C)c1. The highest BCUT2D eigenvalue weighted by Gasteiger charge is 2.15. The second kappa shape index (κ2) is 7.79. The third-order valence-electron chi connectivity index (χ3n) is 3.95. The highest BCUT2D eigenvalue weighted by atomic mass is 16.2. The van der Waals surface area contributed by atoms with E-state index in [4.69, 9.17) is 0 Å². The summed E-state index contributed by atoms with van der Waals surface area (Å²) in [5, 5.41) is 2.87. The lowest BCUT2D eigenvalue weighted by Gasteiger charge is -2.19. The van der Waals surface area contributed by atoms with E-state index < -0.39 is 0 Å². The Labute approximate surface area is 147 Å². The van der Waals surface area contributed by atoms with Crippen molar-refractivity contribution in [3.05, 3.63) is 63.6 Å². The van der Waals surface area contributed by atoms with Gasteiger partial charge in [0.05, 0.1) is 6.54 Å². The molecular weight excluding hydrogens is 318 g/mol. The smallest absolute Gasteiger partial charge is 0.250 e. The van der Waals surface area contributed by atoms with E-state index in [0.717, 1.165) is 22.4 Å². The molecule has 2 rings (SSSR count). The molecule has 0 saturated carbocycles. The van der Waals surface area contributed by atoms with Crippen molar-refractivity contribution in [3.8, 4) is 0 Å². The average Bonchev–Trinajstić information content (AvgIpc) is 2.53. The summed E-state index contributed by atoms with van der Waals surface area (Å²) in [7, 11) is 1.55. The normalized spacial score (nSPS) is 10.4. The monoisotopic (exact) mass is 341 g/mol. The van der Waals surface area contributed by atoms with Gasteiger partial charge >= 0.3 is 0 Å². The minimum absolute atomic E-state index is 0.0762. The van der Waals surface area contributed by atoms with Crippen molar-refractivity contribution >= 4 is 17.5 Å². The van der Waals surface area contributed by atoms with Gasteiger partial charge in [-0.1, -0.05) is 23.8 Å².